The number of amides is 1. The third-order valence-electron chi connectivity index (χ3n) is 2.15. The van der Waals surface area contributed by atoms with E-state index < -0.39 is 0 Å². The van der Waals surface area contributed by atoms with E-state index in [-0.39, 0.29) is 5.91 Å². The van der Waals surface area contributed by atoms with Crippen LogP contribution in [0.3, 0.4) is 0 Å². The van der Waals surface area contributed by atoms with Gasteiger partial charge in [0.25, 0.3) is 0 Å². The molecule has 0 atom stereocenters. The molecule has 6 heteroatoms. The van der Waals surface area contributed by atoms with Crippen molar-refractivity contribution in [2.24, 2.45) is 0 Å². The minimum atomic E-state index is -0.0161. The van der Waals surface area contributed by atoms with Crippen molar-refractivity contribution in [1.29, 1.82) is 0 Å². The first-order valence-electron chi connectivity index (χ1n) is 5.19. The van der Waals surface area contributed by atoms with Crippen LogP contribution in [0.2, 0.25) is 0 Å². The molecule has 1 amide bonds. The number of anilines is 1. The van der Waals surface area contributed by atoms with Gasteiger partial charge in [0.05, 0.1) is 11.4 Å². The zero-order valence-electron chi connectivity index (χ0n) is 9.64. The molecule has 1 aromatic heterocycles. The molecule has 0 fully saturated rings. The number of carbonyl (C=O) groups excluding carboxylic acids is 1. The summed E-state index contributed by atoms with van der Waals surface area (Å²) in [4.78, 5) is 15.8. The van der Waals surface area contributed by atoms with E-state index in [1.54, 1.807) is 0 Å². The summed E-state index contributed by atoms with van der Waals surface area (Å²) >= 11 is 6.36. The maximum Gasteiger partial charge on any atom is 0.236 e. The number of nitrogens with one attached hydrogen (secondary N) is 1. The highest BCUT2D eigenvalue weighted by molar-refractivity contribution is 9.10. The van der Waals surface area contributed by atoms with Crippen molar-refractivity contribution in [1.82, 2.24) is 4.98 Å². The lowest BCUT2D eigenvalue weighted by Crippen LogP contribution is -2.13. The van der Waals surface area contributed by atoms with Crippen LogP contribution in [0.4, 0.5) is 5.13 Å². The Morgan fingerprint density at radius 3 is 3.11 bits per heavy atom. The van der Waals surface area contributed by atoms with Gasteiger partial charge >= 0.3 is 0 Å². The van der Waals surface area contributed by atoms with E-state index in [4.69, 9.17) is 0 Å². The number of benzene rings is 1. The summed E-state index contributed by atoms with van der Waals surface area (Å²) in [5, 5.41) is 5.37. The van der Waals surface area contributed by atoms with E-state index >= 15 is 0 Å². The van der Waals surface area contributed by atoms with E-state index in [0.717, 1.165) is 15.7 Å². The van der Waals surface area contributed by atoms with Gasteiger partial charge in [0.15, 0.2) is 5.13 Å². The SMILES string of the molecule is CSCC(=O)Nc1nc(-c2cccc(Br)c2)cs1. The maximum atomic E-state index is 11.4. The maximum absolute atomic E-state index is 11.4. The van der Waals surface area contributed by atoms with Crippen molar-refractivity contribution in [2.75, 3.05) is 17.3 Å². The summed E-state index contributed by atoms with van der Waals surface area (Å²) in [6.45, 7) is 0. The van der Waals surface area contributed by atoms with Gasteiger partial charge in [-0.15, -0.1) is 11.3 Å². The van der Waals surface area contributed by atoms with E-state index in [9.17, 15) is 4.79 Å². The molecule has 1 aromatic carbocycles. The van der Waals surface area contributed by atoms with E-state index in [0.29, 0.717) is 10.9 Å². The molecule has 3 nitrogen and oxygen atoms in total. The summed E-state index contributed by atoms with van der Waals surface area (Å²) in [5.74, 6) is 0.434. The average molecular weight is 343 g/mol. The second-order valence-electron chi connectivity index (χ2n) is 3.53. The van der Waals surface area contributed by atoms with Crippen molar-refractivity contribution < 1.29 is 4.79 Å². The lowest BCUT2D eigenvalue weighted by Gasteiger charge is -1.99. The smallest absolute Gasteiger partial charge is 0.236 e. The molecule has 0 aliphatic heterocycles. The number of thiazole rings is 1. The molecule has 1 N–H and O–H groups in total. The minimum Gasteiger partial charge on any atom is -0.301 e. The Hall–Kier alpha value is -0.850. The molecule has 18 heavy (non-hydrogen) atoms. The summed E-state index contributed by atoms with van der Waals surface area (Å²) in [7, 11) is 0. The van der Waals surface area contributed by atoms with E-state index in [2.05, 4.69) is 26.2 Å². The number of halogens is 1. The van der Waals surface area contributed by atoms with Crippen molar-refractivity contribution in [3.05, 3.63) is 34.1 Å². The van der Waals surface area contributed by atoms with Crippen LogP contribution < -0.4 is 5.32 Å². The Bertz CT molecular complexity index is 557. The highest BCUT2D eigenvalue weighted by Crippen LogP contribution is 2.26. The molecule has 0 unspecified atom stereocenters. The third-order valence-corrected chi connectivity index (χ3v) is 3.95. The molecular weight excluding hydrogens is 332 g/mol. The molecule has 1 heterocycles. The molecule has 0 aliphatic carbocycles. The van der Waals surface area contributed by atoms with E-state index in [1.165, 1.54) is 23.1 Å². The fraction of sp³-hybridized carbons (Fsp3) is 0.167. The molecule has 0 aliphatic rings. The Kier molecular flexibility index (Phi) is 4.79. The van der Waals surface area contributed by atoms with Gasteiger partial charge in [-0.3, -0.25) is 4.79 Å². The number of aromatic nitrogens is 1. The lowest BCUT2D eigenvalue weighted by atomic mass is 10.2. The second kappa shape index (κ2) is 6.36. The van der Waals surface area contributed by atoms with Crippen LogP contribution in [0.5, 0.6) is 0 Å². The normalized spacial score (nSPS) is 10.3. The molecule has 2 aromatic rings. The fourth-order valence-electron chi connectivity index (χ4n) is 1.40. The summed E-state index contributed by atoms with van der Waals surface area (Å²) < 4.78 is 1.01. The predicted octanol–water partition coefficient (Wildman–Crippen LogP) is 3.87. The van der Waals surface area contributed by atoms with Crippen molar-refractivity contribution in [2.45, 2.75) is 0 Å². The quantitative estimate of drug-likeness (QED) is 0.916. The third kappa shape index (κ3) is 3.57. The summed E-state index contributed by atoms with van der Waals surface area (Å²) in [6, 6.07) is 7.93. The molecule has 0 spiro atoms. The van der Waals surface area contributed by atoms with Crippen LogP contribution >= 0.6 is 39.0 Å². The monoisotopic (exact) mass is 342 g/mol. The number of carbonyl (C=O) groups is 1. The topological polar surface area (TPSA) is 42.0 Å². The number of nitrogens with zero attached hydrogens (tertiary/aromatic N) is 1. The summed E-state index contributed by atoms with van der Waals surface area (Å²) in [5.41, 5.74) is 1.91. The molecule has 2 rings (SSSR count). The van der Waals surface area contributed by atoms with Crippen LogP contribution in [-0.4, -0.2) is 22.9 Å². The number of rotatable bonds is 4. The molecular formula is C12H11BrN2OS2. The number of hydrogen-bond acceptors (Lipinski definition) is 4. The van der Waals surface area contributed by atoms with Gasteiger partial charge in [0.2, 0.25) is 5.91 Å². The highest BCUT2D eigenvalue weighted by atomic mass is 79.9. The zero-order chi connectivity index (χ0) is 13.0. The van der Waals surface area contributed by atoms with Gasteiger partial charge in [-0.1, -0.05) is 28.1 Å². The molecule has 94 valence electrons. The van der Waals surface area contributed by atoms with Crippen molar-refractivity contribution >= 4 is 50.1 Å². The van der Waals surface area contributed by atoms with Crippen LogP contribution in [0.1, 0.15) is 0 Å². The molecule has 0 bridgehead atoms. The lowest BCUT2D eigenvalue weighted by molar-refractivity contribution is -0.113. The first-order chi connectivity index (χ1) is 8.69. The highest BCUT2D eigenvalue weighted by Gasteiger charge is 2.07. The number of thioether (sulfide) groups is 1. The fourth-order valence-corrected chi connectivity index (χ4v) is 2.87. The van der Waals surface area contributed by atoms with Crippen LogP contribution in [0.25, 0.3) is 11.3 Å². The minimum absolute atomic E-state index is 0.0161. The van der Waals surface area contributed by atoms with Crippen LogP contribution in [0, 0.1) is 0 Å². The van der Waals surface area contributed by atoms with Gasteiger partial charge in [0.1, 0.15) is 0 Å². The molecule has 0 radical (unpaired) electrons. The largest absolute Gasteiger partial charge is 0.301 e. The standard InChI is InChI=1S/C12H11BrN2OS2/c1-17-7-11(16)15-12-14-10(6-18-12)8-3-2-4-9(13)5-8/h2-6H,7H2,1H3,(H,14,15,16). The zero-order valence-corrected chi connectivity index (χ0v) is 12.9. The van der Waals surface area contributed by atoms with E-state index in [1.807, 2.05) is 35.9 Å². The van der Waals surface area contributed by atoms with Gasteiger partial charge in [-0.25, -0.2) is 4.98 Å². The first-order valence-corrected chi connectivity index (χ1v) is 8.26. The summed E-state index contributed by atoms with van der Waals surface area (Å²) in [6.07, 6.45) is 1.90. The van der Waals surface area contributed by atoms with Gasteiger partial charge in [-0.05, 0) is 18.4 Å². The molecule has 0 saturated heterocycles. The second-order valence-corrected chi connectivity index (χ2v) is 6.17. The Balaban J connectivity index is 2.13. The first kappa shape index (κ1) is 13.6. The average Bonchev–Trinajstić information content (AvgIpc) is 2.78. The predicted molar refractivity (Wildman–Crippen MR) is 82.3 cm³/mol. The Labute approximate surface area is 122 Å². The Morgan fingerprint density at radius 1 is 1.56 bits per heavy atom. The van der Waals surface area contributed by atoms with Crippen molar-refractivity contribution in [3.63, 3.8) is 0 Å². The Morgan fingerprint density at radius 2 is 2.39 bits per heavy atom. The number of hydrogen-bond donors (Lipinski definition) is 1. The van der Waals surface area contributed by atoms with Crippen LogP contribution in [0.15, 0.2) is 34.1 Å². The van der Waals surface area contributed by atoms with Gasteiger partial charge in [0, 0.05) is 15.4 Å². The van der Waals surface area contributed by atoms with Crippen LogP contribution in [-0.2, 0) is 4.79 Å². The van der Waals surface area contributed by atoms with Gasteiger partial charge < -0.3 is 5.32 Å². The van der Waals surface area contributed by atoms with Gasteiger partial charge in [-0.2, -0.15) is 11.8 Å². The van der Waals surface area contributed by atoms with Crippen molar-refractivity contribution in [3.8, 4) is 11.3 Å². The molecule has 0 saturated carbocycles.